The minimum absolute atomic E-state index is 0.215. The molecule has 0 fully saturated rings. The maximum absolute atomic E-state index is 12.2. The van der Waals surface area contributed by atoms with Crippen molar-refractivity contribution in [3.05, 3.63) is 82.6 Å². The summed E-state index contributed by atoms with van der Waals surface area (Å²) in [6.45, 7) is 2.48. The van der Waals surface area contributed by atoms with Gasteiger partial charge < -0.3 is 10.6 Å². The van der Waals surface area contributed by atoms with Crippen LogP contribution < -0.4 is 10.6 Å². The number of aryl methyl sites for hydroxylation is 1. The van der Waals surface area contributed by atoms with Crippen molar-refractivity contribution in [2.45, 2.75) is 13.5 Å². The lowest BCUT2D eigenvalue weighted by Gasteiger charge is -2.09. The Morgan fingerprint density at radius 1 is 1.04 bits per heavy atom. The van der Waals surface area contributed by atoms with E-state index in [9.17, 15) is 4.79 Å². The molecule has 0 unspecified atom stereocenters. The van der Waals surface area contributed by atoms with Crippen molar-refractivity contribution >= 4 is 29.1 Å². The van der Waals surface area contributed by atoms with Gasteiger partial charge in [0.1, 0.15) is 0 Å². The minimum atomic E-state index is -0.215. The average Bonchev–Trinajstić information content (AvgIpc) is 2.63. The molecule has 6 heteroatoms. The number of nitrogens with one attached hydrogen (secondary N) is 2. The molecule has 0 saturated heterocycles. The molecule has 0 aliphatic rings. The second-order valence-corrected chi connectivity index (χ2v) is 5.92. The van der Waals surface area contributed by atoms with Gasteiger partial charge in [0.25, 0.3) is 5.91 Å². The van der Waals surface area contributed by atoms with Gasteiger partial charge in [0, 0.05) is 18.9 Å². The van der Waals surface area contributed by atoms with E-state index in [0.717, 1.165) is 11.1 Å². The molecule has 1 aromatic heterocycles. The normalized spacial score (nSPS) is 10.3. The number of halogens is 1. The summed E-state index contributed by atoms with van der Waals surface area (Å²) in [7, 11) is 0. The van der Waals surface area contributed by atoms with Crippen LogP contribution in [-0.4, -0.2) is 15.9 Å². The van der Waals surface area contributed by atoms with Crippen LogP contribution in [0.4, 0.5) is 11.6 Å². The highest BCUT2D eigenvalue weighted by Crippen LogP contribution is 2.22. The zero-order chi connectivity index (χ0) is 17.6. The first kappa shape index (κ1) is 16.9. The van der Waals surface area contributed by atoms with Gasteiger partial charge in [-0.05, 0) is 30.2 Å². The molecule has 0 aliphatic heterocycles. The fourth-order valence-electron chi connectivity index (χ4n) is 2.28. The van der Waals surface area contributed by atoms with E-state index in [4.69, 9.17) is 11.6 Å². The topological polar surface area (TPSA) is 66.9 Å². The molecule has 0 saturated carbocycles. The second-order valence-electron chi connectivity index (χ2n) is 5.51. The Labute approximate surface area is 151 Å². The van der Waals surface area contributed by atoms with Crippen LogP contribution in [0.5, 0.6) is 0 Å². The van der Waals surface area contributed by atoms with Crippen molar-refractivity contribution in [3.63, 3.8) is 0 Å². The van der Waals surface area contributed by atoms with Crippen molar-refractivity contribution in [3.8, 4) is 0 Å². The second kappa shape index (κ2) is 7.77. The summed E-state index contributed by atoms with van der Waals surface area (Å²) >= 11 is 6.09. The number of aromatic nitrogens is 2. The van der Waals surface area contributed by atoms with E-state index in [0.29, 0.717) is 28.8 Å². The molecule has 0 spiro atoms. The van der Waals surface area contributed by atoms with Crippen molar-refractivity contribution in [1.82, 2.24) is 15.3 Å². The number of carbonyl (C=O) groups is 1. The van der Waals surface area contributed by atoms with Crippen molar-refractivity contribution in [2.24, 2.45) is 0 Å². The van der Waals surface area contributed by atoms with Gasteiger partial charge in [0.05, 0.1) is 16.3 Å². The van der Waals surface area contributed by atoms with Crippen LogP contribution in [0.15, 0.2) is 60.9 Å². The smallest absolute Gasteiger partial charge is 0.254 e. The molecule has 0 atom stereocenters. The van der Waals surface area contributed by atoms with Crippen LogP contribution in [0.1, 0.15) is 21.5 Å². The van der Waals surface area contributed by atoms with E-state index in [2.05, 4.69) is 20.6 Å². The van der Waals surface area contributed by atoms with Gasteiger partial charge in [-0.15, -0.1) is 0 Å². The first-order valence-corrected chi connectivity index (χ1v) is 8.17. The van der Waals surface area contributed by atoms with Gasteiger partial charge in [0.15, 0.2) is 0 Å². The number of rotatable bonds is 5. The van der Waals surface area contributed by atoms with Crippen LogP contribution >= 0.6 is 11.6 Å². The lowest BCUT2D eigenvalue weighted by molar-refractivity contribution is 0.0950. The molecule has 3 aromatic rings. The van der Waals surface area contributed by atoms with Crippen molar-refractivity contribution in [2.75, 3.05) is 5.32 Å². The summed E-state index contributed by atoms with van der Waals surface area (Å²) in [5.74, 6) is 0.163. The molecule has 1 amide bonds. The van der Waals surface area contributed by atoms with Crippen LogP contribution in [0.25, 0.3) is 0 Å². The SMILES string of the molecule is Cc1ccccc1CNC(=O)c1cnc(Nc2ccccc2Cl)nc1. The standard InChI is InChI=1S/C19H17ClN4O/c1-13-6-2-3-7-14(13)10-21-18(25)15-11-22-19(23-12-15)24-17-9-5-4-8-16(17)20/h2-9,11-12H,10H2,1H3,(H,21,25)(H,22,23,24). The number of para-hydroxylation sites is 1. The third-order valence-electron chi connectivity index (χ3n) is 3.74. The highest BCUT2D eigenvalue weighted by molar-refractivity contribution is 6.33. The summed E-state index contributed by atoms with van der Waals surface area (Å²) in [4.78, 5) is 20.6. The first-order valence-electron chi connectivity index (χ1n) is 7.80. The van der Waals surface area contributed by atoms with E-state index in [1.54, 1.807) is 6.07 Å². The Kier molecular flexibility index (Phi) is 5.26. The maximum atomic E-state index is 12.2. The lowest BCUT2D eigenvalue weighted by atomic mass is 10.1. The Morgan fingerprint density at radius 3 is 2.44 bits per heavy atom. The van der Waals surface area contributed by atoms with Gasteiger partial charge in [-0.3, -0.25) is 4.79 Å². The average molecular weight is 353 g/mol. The Balaban J connectivity index is 1.63. The third-order valence-corrected chi connectivity index (χ3v) is 4.06. The molecule has 0 radical (unpaired) electrons. The maximum Gasteiger partial charge on any atom is 0.254 e. The van der Waals surface area contributed by atoms with Gasteiger partial charge in [0.2, 0.25) is 5.95 Å². The fraction of sp³-hybridized carbons (Fsp3) is 0.105. The number of carbonyl (C=O) groups excluding carboxylic acids is 1. The molecule has 3 rings (SSSR count). The first-order chi connectivity index (χ1) is 12.1. The van der Waals surface area contributed by atoms with Crippen LogP contribution in [0.2, 0.25) is 5.02 Å². The van der Waals surface area contributed by atoms with E-state index < -0.39 is 0 Å². The number of hydrogen-bond acceptors (Lipinski definition) is 4. The van der Waals surface area contributed by atoms with Crippen molar-refractivity contribution in [1.29, 1.82) is 0 Å². The quantitative estimate of drug-likeness (QED) is 0.725. The molecule has 2 aromatic carbocycles. The summed E-state index contributed by atoms with van der Waals surface area (Å²) in [5, 5.41) is 6.47. The van der Waals surface area contributed by atoms with Gasteiger partial charge >= 0.3 is 0 Å². The van der Waals surface area contributed by atoms with Crippen LogP contribution in [0, 0.1) is 6.92 Å². The van der Waals surface area contributed by atoms with Crippen LogP contribution in [0.3, 0.4) is 0 Å². The van der Waals surface area contributed by atoms with E-state index >= 15 is 0 Å². The predicted molar refractivity (Wildman–Crippen MR) is 99.1 cm³/mol. The zero-order valence-corrected chi connectivity index (χ0v) is 14.4. The van der Waals surface area contributed by atoms with Gasteiger partial charge in [-0.2, -0.15) is 0 Å². The number of benzene rings is 2. The lowest BCUT2D eigenvalue weighted by Crippen LogP contribution is -2.23. The molecule has 1 heterocycles. The highest BCUT2D eigenvalue weighted by Gasteiger charge is 2.08. The molecular formula is C19H17ClN4O. The summed E-state index contributed by atoms with van der Waals surface area (Å²) in [6, 6.07) is 15.2. The van der Waals surface area contributed by atoms with E-state index in [-0.39, 0.29) is 5.91 Å². The number of amides is 1. The molecule has 0 bridgehead atoms. The Hall–Kier alpha value is -2.92. The number of anilines is 2. The highest BCUT2D eigenvalue weighted by atomic mass is 35.5. The molecule has 0 aliphatic carbocycles. The van der Waals surface area contributed by atoms with E-state index in [1.807, 2.05) is 49.4 Å². The van der Waals surface area contributed by atoms with Gasteiger partial charge in [-0.25, -0.2) is 9.97 Å². The number of hydrogen-bond donors (Lipinski definition) is 2. The summed E-state index contributed by atoms with van der Waals surface area (Å²) < 4.78 is 0. The molecule has 126 valence electrons. The largest absolute Gasteiger partial charge is 0.348 e. The molecular weight excluding hydrogens is 336 g/mol. The van der Waals surface area contributed by atoms with Gasteiger partial charge in [-0.1, -0.05) is 48.0 Å². The van der Waals surface area contributed by atoms with Crippen molar-refractivity contribution < 1.29 is 4.79 Å². The molecule has 25 heavy (non-hydrogen) atoms. The number of nitrogens with zero attached hydrogens (tertiary/aromatic N) is 2. The zero-order valence-electron chi connectivity index (χ0n) is 13.7. The third kappa shape index (κ3) is 4.33. The monoisotopic (exact) mass is 352 g/mol. The summed E-state index contributed by atoms with van der Waals surface area (Å²) in [6.07, 6.45) is 2.97. The molecule has 2 N–H and O–H groups in total. The predicted octanol–water partition coefficient (Wildman–Crippen LogP) is 4.11. The van der Waals surface area contributed by atoms with Crippen LogP contribution in [-0.2, 0) is 6.54 Å². The Morgan fingerprint density at radius 2 is 1.72 bits per heavy atom. The Bertz CT molecular complexity index is 881. The molecule has 5 nitrogen and oxygen atoms in total. The summed E-state index contributed by atoms with van der Waals surface area (Å²) in [5.41, 5.74) is 3.33. The van der Waals surface area contributed by atoms with E-state index in [1.165, 1.54) is 12.4 Å². The fourth-order valence-corrected chi connectivity index (χ4v) is 2.46. The minimum Gasteiger partial charge on any atom is -0.348 e.